The minimum Gasteiger partial charge on any atom is -0.348 e. The molecule has 0 spiro atoms. The summed E-state index contributed by atoms with van der Waals surface area (Å²) in [7, 11) is 0. The summed E-state index contributed by atoms with van der Waals surface area (Å²) in [6.45, 7) is 3.75. The second-order valence-electron chi connectivity index (χ2n) is 3.31. The van der Waals surface area contributed by atoms with E-state index in [-0.39, 0.29) is 17.3 Å². The van der Waals surface area contributed by atoms with E-state index in [1.165, 1.54) is 0 Å². The molecule has 0 heterocycles. The normalized spacial score (nSPS) is 14.5. The van der Waals surface area contributed by atoms with Gasteiger partial charge in [0.15, 0.2) is 0 Å². The van der Waals surface area contributed by atoms with Crippen molar-refractivity contribution in [1.82, 2.24) is 5.32 Å². The van der Waals surface area contributed by atoms with Crippen LogP contribution in [0.2, 0.25) is 0 Å². The highest BCUT2D eigenvalue weighted by molar-refractivity contribution is 6.21. The Hall–Kier alpha value is -1.02. The number of nitrogens with one attached hydrogen (secondary N) is 1. The van der Waals surface area contributed by atoms with E-state index < -0.39 is 0 Å². The minimum atomic E-state index is -0.0781. The van der Waals surface area contributed by atoms with E-state index in [9.17, 15) is 4.79 Å². The molecule has 1 N–H and O–H groups in total. The quantitative estimate of drug-likeness (QED) is 0.765. The molecule has 0 unspecified atom stereocenters. The number of carbonyl (C=O) groups is 1. The number of benzene rings is 1. The number of carbonyl (C=O) groups excluding carboxylic acids is 1. The standard InChI is InChI=1S/C11H14ClNO/c1-8(12)9(2)13-11(14)10-6-4-3-5-7-10/h3-9H,1-2H3,(H,13,14)/t8-,9+/m0/s1. The fourth-order valence-electron chi connectivity index (χ4n) is 0.994. The molecule has 2 atom stereocenters. The van der Waals surface area contributed by atoms with Crippen LogP contribution in [0.4, 0.5) is 0 Å². The van der Waals surface area contributed by atoms with Crippen molar-refractivity contribution in [1.29, 1.82) is 0 Å². The Morgan fingerprint density at radius 2 is 1.86 bits per heavy atom. The molecular weight excluding hydrogens is 198 g/mol. The zero-order valence-corrected chi connectivity index (χ0v) is 9.08. The molecule has 76 valence electrons. The van der Waals surface area contributed by atoms with E-state index in [1.54, 1.807) is 12.1 Å². The summed E-state index contributed by atoms with van der Waals surface area (Å²) >= 11 is 5.85. The van der Waals surface area contributed by atoms with E-state index in [4.69, 9.17) is 11.6 Å². The Bertz CT molecular complexity index is 297. The summed E-state index contributed by atoms with van der Waals surface area (Å²) in [5.74, 6) is -0.0781. The monoisotopic (exact) mass is 211 g/mol. The SMILES string of the molecule is C[C@H](Cl)[C@@H](C)NC(=O)c1ccccc1. The summed E-state index contributed by atoms with van der Waals surface area (Å²) in [5, 5.41) is 2.76. The first-order valence-corrected chi connectivity index (χ1v) is 5.05. The molecule has 0 aliphatic rings. The van der Waals surface area contributed by atoms with Crippen molar-refractivity contribution in [3.05, 3.63) is 35.9 Å². The molecule has 0 radical (unpaired) electrons. The fraction of sp³-hybridized carbons (Fsp3) is 0.364. The molecule has 1 aromatic rings. The Morgan fingerprint density at radius 1 is 1.29 bits per heavy atom. The van der Waals surface area contributed by atoms with Gasteiger partial charge in [-0.2, -0.15) is 0 Å². The van der Waals surface area contributed by atoms with Gasteiger partial charge < -0.3 is 5.32 Å². The summed E-state index contributed by atoms with van der Waals surface area (Å²) in [6, 6.07) is 9.09. The van der Waals surface area contributed by atoms with Crippen molar-refractivity contribution in [3.8, 4) is 0 Å². The van der Waals surface area contributed by atoms with E-state index in [0.29, 0.717) is 5.56 Å². The van der Waals surface area contributed by atoms with Crippen LogP contribution in [0.1, 0.15) is 24.2 Å². The van der Waals surface area contributed by atoms with Crippen LogP contribution in [-0.4, -0.2) is 17.3 Å². The number of hydrogen-bond acceptors (Lipinski definition) is 1. The molecule has 0 bridgehead atoms. The molecule has 0 aliphatic heterocycles. The van der Waals surface area contributed by atoms with Crippen LogP contribution in [0.15, 0.2) is 30.3 Å². The maximum atomic E-state index is 11.6. The first-order chi connectivity index (χ1) is 6.61. The highest BCUT2D eigenvalue weighted by atomic mass is 35.5. The van der Waals surface area contributed by atoms with Crippen molar-refractivity contribution in [3.63, 3.8) is 0 Å². The Kier molecular flexibility index (Phi) is 3.96. The lowest BCUT2D eigenvalue weighted by molar-refractivity contribution is 0.0940. The van der Waals surface area contributed by atoms with Crippen LogP contribution in [0, 0.1) is 0 Å². The molecular formula is C11H14ClNO. The van der Waals surface area contributed by atoms with Gasteiger partial charge in [0, 0.05) is 11.6 Å². The van der Waals surface area contributed by atoms with Gasteiger partial charge in [-0.15, -0.1) is 11.6 Å². The fourth-order valence-corrected chi connectivity index (χ4v) is 1.06. The molecule has 0 fully saturated rings. The zero-order chi connectivity index (χ0) is 10.6. The predicted molar refractivity (Wildman–Crippen MR) is 58.7 cm³/mol. The zero-order valence-electron chi connectivity index (χ0n) is 8.33. The molecule has 1 rings (SSSR count). The Labute approximate surface area is 89.3 Å². The van der Waals surface area contributed by atoms with E-state index in [1.807, 2.05) is 32.0 Å². The number of rotatable bonds is 3. The average Bonchev–Trinajstić information content (AvgIpc) is 2.19. The number of hydrogen-bond donors (Lipinski definition) is 1. The smallest absolute Gasteiger partial charge is 0.251 e. The Morgan fingerprint density at radius 3 is 2.36 bits per heavy atom. The third-order valence-corrected chi connectivity index (χ3v) is 2.46. The van der Waals surface area contributed by atoms with Crippen LogP contribution in [-0.2, 0) is 0 Å². The van der Waals surface area contributed by atoms with Gasteiger partial charge in [-0.05, 0) is 26.0 Å². The van der Waals surface area contributed by atoms with Crippen LogP contribution < -0.4 is 5.32 Å². The lowest BCUT2D eigenvalue weighted by Crippen LogP contribution is -2.37. The molecule has 3 heteroatoms. The second-order valence-corrected chi connectivity index (χ2v) is 3.99. The maximum Gasteiger partial charge on any atom is 0.251 e. The first kappa shape index (κ1) is 11.1. The molecule has 0 aliphatic carbocycles. The average molecular weight is 212 g/mol. The largest absolute Gasteiger partial charge is 0.348 e. The van der Waals surface area contributed by atoms with Crippen molar-refractivity contribution in [2.45, 2.75) is 25.3 Å². The van der Waals surface area contributed by atoms with Gasteiger partial charge >= 0.3 is 0 Å². The molecule has 14 heavy (non-hydrogen) atoms. The molecule has 2 nitrogen and oxygen atoms in total. The summed E-state index contributed by atoms with van der Waals surface area (Å²) in [4.78, 5) is 11.6. The van der Waals surface area contributed by atoms with Gasteiger partial charge in [0.2, 0.25) is 0 Å². The van der Waals surface area contributed by atoms with Crippen molar-refractivity contribution < 1.29 is 4.79 Å². The summed E-state index contributed by atoms with van der Waals surface area (Å²) in [6.07, 6.45) is 0. The molecule has 1 aromatic carbocycles. The van der Waals surface area contributed by atoms with E-state index >= 15 is 0 Å². The summed E-state index contributed by atoms with van der Waals surface area (Å²) < 4.78 is 0. The van der Waals surface area contributed by atoms with E-state index in [2.05, 4.69) is 5.32 Å². The van der Waals surface area contributed by atoms with Gasteiger partial charge in [-0.1, -0.05) is 18.2 Å². The molecule has 0 aromatic heterocycles. The lowest BCUT2D eigenvalue weighted by atomic mass is 10.2. The van der Waals surface area contributed by atoms with Gasteiger partial charge in [0.05, 0.1) is 5.38 Å². The number of alkyl halides is 1. The lowest BCUT2D eigenvalue weighted by Gasteiger charge is -2.15. The number of amides is 1. The molecule has 1 amide bonds. The predicted octanol–water partition coefficient (Wildman–Crippen LogP) is 2.43. The maximum absolute atomic E-state index is 11.6. The highest BCUT2D eigenvalue weighted by Crippen LogP contribution is 2.03. The topological polar surface area (TPSA) is 29.1 Å². The first-order valence-electron chi connectivity index (χ1n) is 4.61. The Balaban J connectivity index is 2.60. The number of halogens is 1. The van der Waals surface area contributed by atoms with Crippen LogP contribution in [0.3, 0.4) is 0 Å². The van der Waals surface area contributed by atoms with Gasteiger partial charge in [0.25, 0.3) is 5.91 Å². The third-order valence-electron chi connectivity index (χ3n) is 2.08. The molecule has 0 saturated carbocycles. The van der Waals surface area contributed by atoms with Gasteiger partial charge in [0.1, 0.15) is 0 Å². The summed E-state index contributed by atoms with van der Waals surface area (Å²) in [5.41, 5.74) is 0.664. The third kappa shape index (κ3) is 3.04. The van der Waals surface area contributed by atoms with E-state index in [0.717, 1.165) is 0 Å². The van der Waals surface area contributed by atoms with Crippen LogP contribution in [0.25, 0.3) is 0 Å². The van der Waals surface area contributed by atoms with Crippen molar-refractivity contribution >= 4 is 17.5 Å². The van der Waals surface area contributed by atoms with Crippen molar-refractivity contribution in [2.24, 2.45) is 0 Å². The van der Waals surface area contributed by atoms with Gasteiger partial charge in [-0.3, -0.25) is 4.79 Å². The van der Waals surface area contributed by atoms with Crippen molar-refractivity contribution in [2.75, 3.05) is 0 Å². The minimum absolute atomic E-state index is 0.0237. The molecule has 0 saturated heterocycles. The second kappa shape index (κ2) is 5.01. The van der Waals surface area contributed by atoms with Crippen LogP contribution >= 0.6 is 11.6 Å². The highest BCUT2D eigenvalue weighted by Gasteiger charge is 2.12. The van der Waals surface area contributed by atoms with Gasteiger partial charge in [-0.25, -0.2) is 0 Å². The van der Waals surface area contributed by atoms with Crippen LogP contribution in [0.5, 0.6) is 0 Å².